The van der Waals surface area contributed by atoms with Crippen LogP contribution in [0, 0.1) is 6.92 Å². The van der Waals surface area contributed by atoms with Crippen molar-refractivity contribution < 1.29 is 0 Å². The maximum Gasteiger partial charge on any atom is 0.100 e. The van der Waals surface area contributed by atoms with Crippen LogP contribution in [0.3, 0.4) is 0 Å². The summed E-state index contributed by atoms with van der Waals surface area (Å²) in [6.45, 7) is 2.56. The fraction of sp³-hybridized carbons (Fsp3) is 0.385. The van der Waals surface area contributed by atoms with Crippen molar-refractivity contribution in [3.05, 3.63) is 41.2 Å². The molecule has 1 fully saturated rings. The fourth-order valence-corrected chi connectivity index (χ4v) is 2.21. The van der Waals surface area contributed by atoms with E-state index in [4.69, 9.17) is 5.73 Å². The summed E-state index contributed by atoms with van der Waals surface area (Å²) in [6, 6.07) is 8.24. The fourth-order valence-electron chi connectivity index (χ4n) is 2.21. The molecule has 1 aromatic heterocycles. The van der Waals surface area contributed by atoms with Crippen LogP contribution in [0.1, 0.15) is 35.7 Å². The molecule has 2 N–H and O–H groups in total. The van der Waals surface area contributed by atoms with Crippen LogP contribution in [0.25, 0.3) is 5.69 Å². The van der Waals surface area contributed by atoms with Crippen molar-refractivity contribution in [1.29, 1.82) is 0 Å². The van der Waals surface area contributed by atoms with E-state index < -0.39 is 0 Å². The number of para-hydroxylation sites is 1. The number of nitrogens with two attached hydrogens (primary N) is 1. The predicted molar refractivity (Wildman–Crippen MR) is 66.0 cm³/mol. The Kier molecular flexibility index (Phi) is 2.44. The van der Waals surface area contributed by atoms with Gasteiger partial charge >= 0.3 is 0 Å². The zero-order valence-corrected chi connectivity index (χ0v) is 9.93. The van der Waals surface area contributed by atoms with Gasteiger partial charge in [-0.05, 0) is 31.4 Å². The summed E-state index contributed by atoms with van der Waals surface area (Å²) < 4.78 is 1.97. The predicted octanol–water partition coefficient (Wildman–Crippen LogP) is 1.91. The molecule has 0 saturated heterocycles. The topological polar surface area (TPSA) is 56.7 Å². The highest BCUT2D eigenvalue weighted by molar-refractivity contribution is 5.42. The zero-order valence-electron chi connectivity index (χ0n) is 9.93. The van der Waals surface area contributed by atoms with Crippen molar-refractivity contribution in [3.63, 3.8) is 0 Å². The van der Waals surface area contributed by atoms with Crippen molar-refractivity contribution in [2.75, 3.05) is 0 Å². The minimum Gasteiger partial charge on any atom is -0.325 e. The quantitative estimate of drug-likeness (QED) is 0.873. The van der Waals surface area contributed by atoms with Crippen LogP contribution in [0.15, 0.2) is 24.3 Å². The van der Waals surface area contributed by atoms with Crippen molar-refractivity contribution >= 4 is 0 Å². The Morgan fingerprint density at radius 3 is 2.76 bits per heavy atom. The van der Waals surface area contributed by atoms with Crippen molar-refractivity contribution in [2.24, 2.45) is 5.73 Å². The number of hydrogen-bond donors (Lipinski definition) is 1. The van der Waals surface area contributed by atoms with E-state index >= 15 is 0 Å². The first-order valence-corrected chi connectivity index (χ1v) is 6.02. The molecule has 1 aliphatic rings. The van der Waals surface area contributed by atoms with Crippen LogP contribution >= 0.6 is 0 Å². The number of benzene rings is 1. The van der Waals surface area contributed by atoms with Gasteiger partial charge in [0.25, 0.3) is 0 Å². The molecule has 0 aliphatic heterocycles. The standard InChI is InChI=1S/C13H16N4/c1-9-4-2-3-5-12(9)17-13(10-6-7-10)11(8-14)15-16-17/h2-5,10H,6-8,14H2,1H3. The molecule has 1 aliphatic carbocycles. The first kappa shape index (κ1) is 10.5. The van der Waals surface area contributed by atoms with Crippen molar-refractivity contribution in [1.82, 2.24) is 15.0 Å². The van der Waals surface area contributed by atoms with Crippen molar-refractivity contribution in [3.8, 4) is 5.69 Å². The third-order valence-corrected chi connectivity index (χ3v) is 3.28. The Balaban J connectivity index is 2.14. The summed E-state index contributed by atoms with van der Waals surface area (Å²) >= 11 is 0. The Hall–Kier alpha value is -1.68. The smallest absolute Gasteiger partial charge is 0.100 e. The molecule has 0 bridgehead atoms. The van der Waals surface area contributed by atoms with Gasteiger partial charge in [0, 0.05) is 12.5 Å². The van der Waals surface area contributed by atoms with Gasteiger partial charge in [0.1, 0.15) is 5.69 Å². The first-order chi connectivity index (χ1) is 8.31. The second-order valence-corrected chi connectivity index (χ2v) is 4.60. The summed E-state index contributed by atoms with van der Waals surface area (Å²) in [7, 11) is 0. The summed E-state index contributed by atoms with van der Waals surface area (Å²) in [4.78, 5) is 0. The largest absolute Gasteiger partial charge is 0.325 e. The molecule has 0 atom stereocenters. The second kappa shape index (κ2) is 3.96. The van der Waals surface area contributed by atoms with E-state index in [0.29, 0.717) is 12.5 Å². The van der Waals surface area contributed by atoms with Crippen molar-refractivity contribution in [2.45, 2.75) is 32.2 Å². The lowest BCUT2D eigenvalue weighted by Gasteiger charge is -2.09. The minimum atomic E-state index is 0.470. The van der Waals surface area contributed by atoms with E-state index in [2.05, 4.69) is 29.4 Å². The van der Waals surface area contributed by atoms with E-state index in [1.165, 1.54) is 24.1 Å². The normalized spacial score (nSPS) is 15.2. The van der Waals surface area contributed by atoms with Gasteiger partial charge in [-0.25, -0.2) is 4.68 Å². The summed E-state index contributed by atoms with van der Waals surface area (Å²) in [5.41, 5.74) is 10.2. The Bertz CT molecular complexity index is 540. The van der Waals surface area contributed by atoms with Gasteiger partial charge in [0.15, 0.2) is 0 Å². The molecule has 0 unspecified atom stereocenters. The average molecular weight is 228 g/mol. The monoisotopic (exact) mass is 228 g/mol. The van der Waals surface area contributed by atoms with Crippen LogP contribution in [0.5, 0.6) is 0 Å². The molecule has 1 heterocycles. The zero-order chi connectivity index (χ0) is 11.8. The van der Waals surface area contributed by atoms with Crippen LogP contribution in [-0.2, 0) is 6.54 Å². The maximum absolute atomic E-state index is 5.73. The van der Waals surface area contributed by atoms with Gasteiger partial charge in [0.2, 0.25) is 0 Å². The molecule has 1 aromatic carbocycles. The third kappa shape index (κ3) is 1.74. The molecule has 4 nitrogen and oxygen atoms in total. The molecule has 1 saturated carbocycles. The highest BCUT2D eigenvalue weighted by Crippen LogP contribution is 2.42. The number of nitrogens with zero attached hydrogens (tertiary/aromatic N) is 3. The number of hydrogen-bond acceptors (Lipinski definition) is 3. The molecular weight excluding hydrogens is 212 g/mol. The first-order valence-electron chi connectivity index (χ1n) is 6.02. The van der Waals surface area contributed by atoms with Gasteiger partial charge in [-0.3, -0.25) is 0 Å². The van der Waals surface area contributed by atoms with E-state index in [1.807, 2.05) is 16.8 Å². The summed E-state index contributed by atoms with van der Waals surface area (Å²) in [5.74, 6) is 0.600. The average Bonchev–Trinajstić information content (AvgIpc) is 3.10. The molecule has 3 rings (SSSR count). The van der Waals surface area contributed by atoms with Gasteiger partial charge in [0.05, 0.1) is 11.4 Å². The maximum atomic E-state index is 5.73. The lowest BCUT2D eigenvalue weighted by molar-refractivity contribution is 0.759. The Morgan fingerprint density at radius 2 is 2.12 bits per heavy atom. The second-order valence-electron chi connectivity index (χ2n) is 4.60. The van der Waals surface area contributed by atoms with Gasteiger partial charge in [-0.1, -0.05) is 23.4 Å². The number of rotatable bonds is 3. The van der Waals surface area contributed by atoms with Crippen LogP contribution in [-0.4, -0.2) is 15.0 Å². The summed E-state index contributed by atoms with van der Waals surface area (Å²) in [6.07, 6.45) is 2.46. The number of aromatic nitrogens is 3. The molecule has 2 aromatic rings. The van der Waals surface area contributed by atoms with E-state index in [1.54, 1.807) is 0 Å². The lowest BCUT2D eigenvalue weighted by Crippen LogP contribution is -2.06. The lowest BCUT2D eigenvalue weighted by atomic mass is 10.1. The molecule has 0 amide bonds. The SMILES string of the molecule is Cc1ccccc1-n1nnc(CN)c1C1CC1. The van der Waals surface area contributed by atoms with Crippen LogP contribution < -0.4 is 5.73 Å². The molecule has 0 radical (unpaired) electrons. The molecule has 4 heteroatoms. The van der Waals surface area contributed by atoms with E-state index in [9.17, 15) is 0 Å². The highest BCUT2D eigenvalue weighted by Gasteiger charge is 2.31. The van der Waals surface area contributed by atoms with E-state index in [-0.39, 0.29) is 0 Å². The molecular formula is C13H16N4. The molecule has 0 spiro atoms. The Labute approximate surface area is 100 Å². The van der Waals surface area contributed by atoms with Crippen LogP contribution in [0.4, 0.5) is 0 Å². The molecule has 88 valence electrons. The highest BCUT2D eigenvalue weighted by atomic mass is 15.4. The van der Waals surface area contributed by atoms with Gasteiger partial charge in [-0.15, -0.1) is 5.10 Å². The third-order valence-electron chi connectivity index (χ3n) is 3.28. The number of aryl methyl sites for hydroxylation is 1. The van der Waals surface area contributed by atoms with Gasteiger partial charge in [-0.2, -0.15) is 0 Å². The Morgan fingerprint density at radius 1 is 1.35 bits per heavy atom. The molecule has 17 heavy (non-hydrogen) atoms. The van der Waals surface area contributed by atoms with Crippen LogP contribution in [0.2, 0.25) is 0 Å². The van der Waals surface area contributed by atoms with E-state index in [0.717, 1.165) is 11.4 Å². The summed E-state index contributed by atoms with van der Waals surface area (Å²) in [5, 5.41) is 8.47. The minimum absolute atomic E-state index is 0.470. The van der Waals surface area contributed by atoms with Gasteiger partial charge < -0.3 is 5.73 Å².